The Labute approximate surface area is 117 Å². The molecule has 1 amide bonds. The van der Waals surface area contributed by atoms with Crippen molar-refractivity contribution in [2.24, 2.45) is 11.3 Å². The van der Waals surface area contributed by atoms with Crippen LogP contribution in [0.4, 0.5) is 0 Å². The fourth-order valence-corrected chi connectivity index (χ4v) is 3.69. The quantitative estimate of drug-likeness (QED) is 0.899. The molecule has 1 aliphatic heterocycles. The number of fused-ring (bicyclic) bond motifs is 1. The minimum atomic E-state index is -0.748. The second kappa shape index (κ2) is 4.61. The van der Waals surface area contributed by atoms with Crippen molar-refractivity contribution in [1.29, 1.82) is 0 Å². The van der Waals surface area contributed by atoms with E-state index in [9.17, 15) is 14.7 Å². The molecule has 1 aromatic heterocycles. The van der Waals surface area contributed by atoms with E-state index in [1.54, 1.807) is 35.0 Å². The van der Waals surface area contributed by atoms with Crippen molar-refractivity contribution in [1.82, 2.24) is 14.7 Å². The van der Waals surface area contributed by atoms with Gasteiger partial charge in [-0.05, 0) is 31.7 Å². The highest BCUT2D eigenvalue weighted by Crippen LogP contribution is 2.49. The van der Waals surface area contributed by atoms with Gasteiger partial charge in [0.05, 0.1) is 5.41 Å². The first-order valence-electron chi connectivity index (χ1n) is 7.06. The molecule has 1 N–H and O–H groups in total. The highest BCUT2D eigenvalue weighted by Gasteiger charge is 2.56. The largest absolute Gasteiger partial charge is 0.481 e. The van der Waals surface area contributed by atoms with Gasteiger partial charge in [0.25, 0.3) is 0 Å². The molecular weight excluding hydrogens is 258 g/mol. The first kappa shape index (κ1) is 13.1. The van der Waals surface area contributed by atoms with E-state index in [1.807, 2.05) is 0 Å². The fraction of sp³-hybridized carbons (Fsp3) is 0.643. The van der Waals surface area contributed by atoms with Crippen LogP contribution in [0.5, 0.6) is 0 Å². The predicted octanol–water partition coefficient (Wildman–Crippen LogP) is 1.16. The van der Waals surface area contributed by atoms with E-state index >= 15 is 0 Å². The molecule has 1 saturated heterocycles. The monoisotopic (exact) mass is 277 g/mol. The maximum absolute atomic E-state index is 12.5. The van der Waals surface area contributed by atoms with E-state index in [0.717, 1.165) is 12.8 Å². The summed E-state index contributed by atoms with van der Waals surface area (Å²) >= 11 is 0. The molecule has 1 aliphatic carbocycles. The number of aliphatic carboxylic acids is 1. The number of amides is 1. The summed E-state index contributed by atoms with van der Waals surface area (Å²) in [5.41, 5.74) is -0.709. The van der Waals surface area contributed by atoms with Gasteiger partial charge >= 0.3 is 5.97 Å². The van der Waals surface area contributed by atoms with Crippen LogP contribution in [0.2, 0.25) is 0 Å². The molecule has 1 aromatic rings. The lowest BCUT2D eigenvalue weighted by Gasteiger charge is -2.24. The van der Waals surface area contributed by atoms with Gasteiger partial charge in [-0.25, -0.2) is 0 Å². The third kappa shape index (κ3) is 1.82. The number of aromatic nitrogens is 2. The third-order valence-electron chi connectivity index (χ3n) is 4.89. The van der Waals surface area contributed by atoms with Crippen molar-refractivity contribution < 1.29 is 14.7 Å². The maximum atomic E-state index is 12.5. The predicted molar refractivity (Wildman–Crippen MR) is 70.9 cm³/mol. The van der Waals surface area contributed by atoms with Gasteiger partial charge in [-0.3, -0.25) is 14.3 Å². The molecule has 0 spiro atoms. The van der Waals surface area contributed by atoms with Crippen molar-refractivity contribution in [2.75, 3.05) is 13.1 Å². The highest BCUT2D eigenvalue weighted by atomic mass is 16.4. The van der Waals surface area contributed by atoms with Crippen molar-refractivity contribution >= 4 is 11.9 Å². The molecule has 20 heavy (non-hydrogen) atoms. The summed E-state index contributed by atoms with van der Waals surface area (Å²) in [5.74, 6) is -0.681. The standard InChI is InChI=1S/C14H19N3O3/c1-10(17-7-3-6-15-17)12(18)16-8-11-4-2-5-14(11,9-16)13(19)20/h3,6-7,10-11H,2,4-5,8-9H2,1H3,(H,19,20)/t10?,11-,14+/m0/s1. The Bertz CT molecular complexity index is 528. The van der Waals surface area contributed by atoms with Gasteiger partial charge < -0.3 is 10.0 Å². The first-order valence-corrected chi connectivity index (χ1v) is 7.06. The molecule has 6 nitrogen and oxygen atoms in total. The van der Waals surface area contributed by atoms with E-state index in [4.69, 9.17) is 0 Å². The zero-order chi connectivity index (χ0) is 14.3. The average Bonchev–Trinajstić information content (AvgIpc) is 3.11. The zero-order valence-corrected chi connectivity index (χ0v) is 11.5. The zero-order valence-electron chi connectivity index (χ0n) is 11.5. The van der Waals surface area contributed by atoms with Crippen LogP contribution in [-0.2, 0) is 9.59 Å². The molecule has 3 atom stereocenters. The molecule has 108 valence electrons. The average molecular weight is 277 g/mol. The van der Waals surface area contributed by atoms with E-state index in [2.05, 4.69) is 5.10 Å². The number of likely N-dealkylation sites (tertiary alicyclic amines) is 1. The molecule has 0 bridgehead atoms. The van der Waals surface area contributed by atoms with E-state index in [0.29, 0.717) is 19.5 Å². The smallest absolute Gasteiger partial charge is 0.311 e. The minimum Gasteiger partial charge on any atom is -0.481 e. The van der Waals surface area contributed by atoms with Crippen LogP contribution >= 0.6 is 0 Å². The number of hydrogen-bond donors (Lipinski definition) is 1. The summed E-state index contributed by atoms with van der Waals surface area (Å²) in [6.45, 7) is 2.71. The number of carbonyl (C=O) groups is 2. The van der Waals surface area contributed by atoms with E-state index in [1.165, 1.54) is 0 Å². The number of carbonyl (C=O) groups excluding carboxylic acids is 1. The van der Waals surface area contributed by atoms with E-state index in [-0.39, 0.29) is 17.9 Å². The number of carboxylic acid groups (broad SMARTS) is 1. The first-order chi connectivity index (χ1) is 9.54. The van der Waals surface area contributed by atoms with Crippen molar-refractivity contribution in [3.63, 3.8) is 0 Å². The molecule has 6 heteroatoms. The van der Waals surface area contributed by atoms with Gasteiger partial charge in [0, 0.05) is 25.5 Å². The molecule has 0 aromatic carbocycles. The Kier molecular flexibility index (Phi) is 3.03. The molecule has 2 aliphatic rings. The van der Waals surface area contributed by atoms with Crippen molar-refractivity contribution in [2.45, 2.75) is 32.2 Å². The summed E-state index contributed by atoms with van der Waals surface area (Å²) in [6.07, 6.45) is 5.94. The molecule has 1 unspecified atom stereocenters. The number of nitrogens with zero attached hydrogens (tertiary/aromatic N) is 3. The molecule has 0 radical (unpaired) electrons. The van der Waals surface area contributed by atoms with Crippen LogP contribution in [0.15, 0.2) is 18.5 Å². The van der Waals surface area contributed by atoms with Crippen LogP contribution in [0.3, 0.4) is 0 Å². The Morgan fingerprint density at radius 1 is 1.50 bits per heavy atom. The maximum Gasteiger partial charge on any atom is 0.311 e. The number of carboxylic acids is 1. The lowest BCUT2D eigenvalue weighted by molar-refractivity contribution is -0.149. The van der Waals surface area contributed by atoms with Gasteiger partial charge in [-0.1, -0.05) is 6.42 Å². The summed E-state index contributed by atoms with van der Waals surface area (Å²) in [4.78, 5) is 25.8. The van der Waals surface area contributed by atoms with Gasteiger partial charge in [0.2, 0.25) is 5.91 Å². The van der Waals surface area contributed by atoms with Crippen LogP contribution < -0.4 is 0 Å². The SMILES string of the molecule is CC(C(=O)N1C[C@@H]2CCC[C@@]2(C(=O)O)C1)n1cccn1. The molecule has 2 fully saturated rings. The highest BCUT2D eigenvalue weighted by molar-refractivity contribution is 5.83. The van der Waals surface area contributed by atoms with Crippen LogP contribution in [-0.4, -0.2) is 44.8 Å². The van der Waals surface area contributed by atoms with Crippen molar-refractivity contribution in [3.05, 3.63) is 18.5 Å². The van der Waals surface area contributed by atoms with Gasteiger partial charge in [-0.2, -0.15) is 5.10 Å². The molecule has 1 saturated carbocycles. The summed E-state index contributed by atoms with van der Waals surface area (Å²) in [7, 11) is 0. The number of rotatable bonds is 3. The Morgan fingerprint density at radius 2 is 2.30 bits per heavy atom. The molecule has 2 heterocycles. The van der Waals surface area contributed by atoms with Crippen molar-refractivity contribution in [3.8, 4) is 0 Å². The second-order valence-corrected chi connectivity index (χ2v) is 5.93. The number of hydrogen-bond acceptors (Lipinski definition) is 3. The van der Waals surface area contributed by atoms with Gasteiger partial charge in [0.1, 0.15) is 6.04 Å². The lowest BCUT2D eigenvalue weighted by atomic mass is 9.81. The lowest BCUT2D eigenvalue weighted by Crippen LogP contribution is -2.39. The van der Waals surface area contributed by atoms with Gasteiger partial charge in [0.15, 0.2) is 0 Å². The Morgan fingerprint density at radius 3 is 2.90 bits per heavy atom. The molecular formula is C14H19N3O3. The topological polar surface area (TPSA) is 75.4 Å². The molecule has 3 rings (SSSR count). The normalized spacial score (nSPS) is 30.2. The van der Waals surface area contributed by atoms with Crippen LogP contribution in [0, 0.1) is 11.3 Å². The Hall–Kier alpha value is -1.85. The third-order valence-corrected chi connectivity index (χ3v) is 4.89. The minimum absolute atomic E-state index is 0.0382. The Balaban J connectivity index is 1.77. The second-order valence-electron chi connectivity index (χ2n) is 5.93. The summed E-state index contributed by atoms with van der Waals surface area (Å²) in [5, 5.41) is 13.6. The fourth-order valence-electron chi connectivity index (χ4n) is 3.69. The van der Waals surface area contributed by atoms with E-state index < -0.39 is 11.4 Å². The summed E-state index contributed by atoms with van der Waals surface area (Å²) < 4.78 is 1.61. The van der Waals surface area contributed by atoms with Gasteiger partial charge in [-0.15, -0.1) is 0 Å². The van der Waals surface area contributed by atoms with Crippen LogP contribution in [0.1, 0.15) is 32.2 Å². The van der Waals surface area contributed by atoms with Crippen LogP contribution in [0.25, 0.3) is 0 Å². The summed E-state index contributed by atoms with van der Waals surface area (Å²) in [6, 6.07) is 1.40.